The van der Waals surface area contributed by atoms with E-state index in [1.54, 1.807) is 19.2 Å². The molecule has 118 valence electrons. The highest BCUT2D eigenvalue weighted by atomic mass is 19.1. The van der Waals surface area contributed by atoms with Crippen LogP contribution in [0.15, 0.2) is 48.5 Å². The molecule has 23 heavy (non-hydrogen) atoms. The topological polar surface area (TPSA) is 63.9 Å². The van der Waals surface area contributed by atoms with Crippen molar-refractivity contribution in [3.05, 3.63) is 71.4 Å². The van der Waals surface area contributed by atoms with Crippen molar-refractivity contribution < 1.29 is 9.13 Å². The Kier molecular flexibility index (Phi) is 4.39. The number of nitrogens with zero attached hydrogens (tertiary/aromatic N) is 1. The second kappa shape index (κ2) is 6.62. The molecule has 0 aliphatic carbocycles. The molecule has 3 aromatic rings. The average molecular weight is 311 g/mol. The summed E-state index contributed by atoms with van der Waals surface area (Å²) in [5.74, 6) is 1.15. The minimum Gasteiger partial charge on any atom is -0.496 e. The number of hydrogen-bond donors (Lipinski definition) is 2. The Morgan fingerprint density at radius 1 is 1.13 bits per heavy atom. The van der Waals surface area contributed by atoms with Crippen molar-refractivity contribution in [1.82, 2.24) is 9.97 Å². The van der Waals surface area contributed by atoms with Gasteiger partial charge in [-0.2, -0.15) is 0 Å². The third-order valence-corrected chi connectivity index (χ3v) is 3.71. The van der Waals surface area contributed by atoms with Crippen LogP contribution in [0.1, 0.15) is 17.1 Å². The Morgan fingerprint density at radius 2 is 1.87 bits per heavy atom. The zero-order valence-electron chi connectivity index (χ0n) is 12.8. The first-order valence-corrected chi connectivity index (χ1v) is 7.37. The number of H-pyrrole nitrogens is 1. The normalized spacial score (nSPS) is 10.7. The summed E-state index contributed by atoms with van der Waals surface area (Å²) in [4.78, 5) is 7.75. The van der Waals surface area contributed by atoms with Crippen LogP contribution < -0.4 is 10.5 Å². The monoisotopic (exact) mass is 311 g/mol. The summed E-state index contributed by atoms with van der Waals surface area (Å²) in [6.45, 7) is 0.291. The summed E-state index contributed by atoms with van der Waals surface area (Å²) in [5.41, 5.74) is 8.73. The molecule has 1 aromatic heterocycles. The summed E-state index contributed by atoms with van der Waals surface area (Å²) < 4.78 is 19.4. The Labute approximate surface area is 134 Å². The Morgan fingerprint density at radius 3 is 2.61 bits per heavy atom. The second-order valence-corrected chi connectivity index (χ2v) is 5.18. The Bertz CT molecular complexity index is 814. The number of imidazole rings is 1. The van der Waals surface area contributed by atoms with Crippen molar-refractivity contribution in [3.8, 4) is 17.0 Å². The Balaban J connectivity index is 2.07. The number of ether oxygens (including phenoxy) is 1. The molecule has 3 rings (SSSR count). The van der Waals surface area contributed by atoms with Gasteiger partial charge in [0.1, 0.15) is 17.4 Å². The molecular weight excluding hydrogens is 293 g/mol. The van der Waals surface area contributed by atoms with Crippen LogP contribution in [0.4, 0.5) is 4.39 Å². The Hall–Kier alpha value is -2.66. The summed E-state index contributed by atoms with van der Waals surface area (Å²) in [7, 11) is 1.62. The lowest BCUT2D eigenvalue weighted by molar-refractivity contribution is 0.416. The molecule has 0 aliphatic rings. The molecule has 0 spiro atoms. The van der Waals surface area contributed by atoms with E-state index in [1.807, 2.05) is 30.3 Å². The van der Waals surface area contributed by atoms with Crippen LogP contribution >= 0.6 is 0 Å². The third-order valence-electron chi connectivity index (χ3n) is 3.71. The second-order valence-electron chi connectivity index (χ2n) is 5.18. The van der Waals surface area contributed by atoms with E-state index in [2.05, 4.69) is 9.97 Å². The first-order valence-electron chi connectivity index (χ1n) is 7.37. The molecule has 0 saturated heterocycles. The zero-order valence-corrected chi connectivity index (χ0v) is 12.8. The molecule has 0 bridgehead atoms. The lowest BCUT2D eigenvalue weighted by Crippen LogP contribution is -1.98. The highest BCUT2D eigenvalue weighted by Crippen LogP contribution is 2.32. The predicted molar refractivity (Wildman–Crippen MR) is 87.7 cm³/mol. The van der Waals surface area contributed by atoms with Gasteiger partial charge in [-0.25, -0.2) is 9.37 Å². The SMILES string of the molecule is COc1ccccc1-c1nc(CN)[nH]c1Cc1ccccc1F. The molecule has 0 atom stereocenters. The van der Waals surface area contributed by atoms with Gasteiger partial charge in [0.25, 0.3) is 0 Å². The largest absolute Gasteiger partial charge is 0.496 e. The van der Waals surface area contributed by atoms with Gasteiger partial charge in [0, 0.05) is 17.7 Å². The van der Waals surface area contributed by atoms with E-state index >= 15 is 0 Å². The number of nitrogens with one attached hydrogen (secondary N) is 1. The average Bonchev–Trinajstić information content (AvgIpc) is 3.00. The van der Waals surface area contributed by atoms with Gasteiger partial charge in [-0.05, 0) is 23.8 Å². The van der Waals surface area contributed by atoms with Gasteiger partial charge < -0.3 is 15.5 Å². The van der Waals surface area contributed by atoms with Crippen LogP contribution in [-0.2, 0) is 13.0 Å². The molecule has 4 nitrogen and oxygen atoms in total. The van der Waals surface area contributed by atoms with Gasteiger partial charge in [0.05, 0.1) is 19.3 Å². The molecule has 0 aliphatic heterocycles. The van der Waals surface area contributed by atoms with E-state index < -0.39 is 0 Å². The van der Waals surface area contributed by atoms with Crippen LogP contribution in [0, 0.1) is 5.82 Å². The number of rotatable bonds is 5. The number of methoxy groups -OCH3 is 1. The maximum atomic E-state index is 14.0. The molecule has 2 aromatic carbocycles. The molecule has 1 heterocycles. The fourth-order valence-corrected chi connectivity index (χ4v) is 2.58. The number of para-hydroxylation sites is 1. The fraction of sp³-hybridized carbons (Fsp3) is 0.167. The van der Waals surface area contributed by atoms with E-state index in [9.17, 15) is 4.39 Å². The van der Waals surface area contributed by atoms with Crippen molar-refractivity contribution >= 4 is 0 Å². The number of benzene rings is 2. The number of nitrogens with two attached hydrogens (primary N) is 1. The third kappa shape index (κ3) is 3.10. The van der Waals surface area contributed by atoms with Crippen LogP contribution in [0.3, 0.4) is 0 Å². The quantitative estimate of drug-likeness (QED) is 0.760. The molecule has 0 fully saturated rings. The molecule has 0 radical (unpaired) electrons. The lowest BCUT2D eigenvalue weighted by atomic mass is 10.0. The van der Waals surface area contributed by atoms with Crippen molar-refractivity contribution in [2.45, 2.75) is 13.0 Å². The van der Waals surface area contributed by atoms with E-state index in [-0.39, 0.29) is 5.82 Å². The summed E-state index contributed by atoms with van der Waals surface area (Å²) in [5, 5.41) is 0. The van der Waals surface area contributed by atoms with Crippen molar-refractivity contribution in [3.63, 3.8) is 0 Å². The maximum absolute atomic E-state index is 14.0. The van der Waals surface area contributed by atoms with E-state index in [1.165, 1.54) is 6.07 Å². The molecule has 0 amide bonds. The van der Waals surface area contributed by atoms with Crippen molar-refractivity contribution in [2.75, 3.05) is 7.11 Å². The first-order chi connectivity index (χ1) is 11.2. The van der Waals surface area contributed by atoms with Gasteiger partial charge in [-0.15, -0.1) is 0 Å². The summed E-state index contributed by atoms with van der Waals surface area (Å²) in [6, 6.07) is 14.3. The zero-order chi connectivity index (χ0) is 16.2. The molecular formula is C18H18FN3O. The first kappa shape index (κ1) is 15.2. The molecule has 0 saturated carbocycles. The minimum absolute atomic E-state index is 0.234. The smallest absolute Gasteiger partial charge is 0.128 e. The minimum atomic E-state index is -0.234. The van der Waals surface area contributed by atoms with Crippen LogP contribution in [0.25, 0.3) is 11.3 Å². The van der Waals surface area contributed by atoms with Crippen molar-refractivity contribution in [2.24, 2.45) is 5.73 Å². The highest BCUT2D eigenvalue weighted by molar-refractivity contribution is 5.69. The molecule has 3 N–H and O–H groups in total. The van der Waals surface area contributed by atoms with Gasteiger partial charge in [-0.3, -0.25) is 0 Å². The number of aromatic amines is 1. The fourth-order valence-electron chi connectivity index (χ4n) is 2.58. The molecule has 5 heteroatoms. The number of aromatic nitrogens is 2. The number of hydrogen-bond acceptors (Lipinski definition) is 3. The highest BCUT2D eigenvalue weighted by Gasteiger charge is 2.16. The van der Waals surface area contributed by atoms with Crippen LogP contribution in [0.2, 0.25) is 0 Å². The van der Waals surface area contributed by atoms with Crippen molar-refractivity contribution in [1.29, 1.82) is 0 Å². The summed E-state index contributed by atoms with van der Waals surface area (Å²) in [6.07, 6.45) is 0.410. The van der Waals surface area contributed by atoms with E-state index in [0.717, 1.165) is 22.7 Å². The summed E-state index contributed by atoms with van der Waals surface area (Å²) >= 11 is 0. The van der Waals surface area contributed by atoms with E-state index in [0.29, 0.717) is 24.4 Å². The maximum Gasteiger partial charge on any atom is 0.128 e. The molecule has 0 unspecified atom stereocenters. The van der Waals surface area contributed by atoms with Gasteiger partial charge in [-0.1, -0.05) is 30.3 Å². The predicted octanol–water partition coefficient (Wildman–Crippen LogP) is 3.27. The van der Waals surface area contributed by atoms with Gasteiger partial charge in [0.15, 0.2) is 0 Å². The van der Waals surface area contributed by atoms with Gasteiger partial charge >= 0.3 is 0 Å². The van der Waals surface area contributed by atoms with Crippen LogP contribution in [0.5, 0.6) is 5.75 Å². The van der Waals surface area contributed by atoms with E-state index in [4.69, 9.17) is 10.5 Å². The lowest BCUT2D eigenvalue weighted by Gasteiger charge is -2.08. The van der Waals surface area contributed by atoms with Gasteiger partial charge in [0.2, 0.25) is 0 Å². The standard InChI is InChI=1S/C18H18FN3O/c1-23-16-9-5-3-7-13(16)18-15(21-17(11-20)22-18)10-12-6-2-4-8-14(12)19/h2-9H,10-11,20H2,1H3,(H,21,22). The number of halogens is 1. The van der Waals surface area contributed by atoms with Crippen LogP contribution in [-0.4, -0.2) is 17.1 Å².